The zero-order chi connectivity index (χ0) is 30.0. The minimum atomic E-state index is -1.65. The molecule has 2 N–H and O–H groups in total. The van der Waals surface area contributed by atoms with Crippen molar-refractivity contribution in [3.8, 4) is 11.8 Å². The number of nitrogens with zero attached hydrogens (tertiary/aromatic N) is 3. The monoisotopic (exact) mass is 570 g/mol. The Bertz CT molecular complexity index is 1620. The molecule has 0 saturated carbocycles. The van der Waals surface area contributed by atoms with Crippen LogP contribution in [0.2, 0.25) is 0 Å². The number of aliphatic carboxylic acids is 1. The van der Waals surface area contributed by atoms with E-state index in [2.05, 4.69) is 15.3 Å². The highest BCUT2D eigenvalue weighted by molar-refractivity contribution is 5.97. The lowest BCUT2D eigenvalue weighted by atomic mass is 9.76. The number of rotatable bonds is 8. The maximum atomic E-state index is 14.5. The Hall–Kier alpha value is -4.83. The first kappa shape index (κ1) is 28.7. The third-order valence-corrected chi connectivity index (χ3v) is 7.35. The van der Waals surface area contributed by atoms with Crippen molar-refractivity contribution in [2.45, 2.75) is 39.0 Å². The molecule has 1 aliphatic heterocycles. The third-order valence-electron chi connectivity index (χ3n) is 7.35. The van der Waals surface area contributed by atoms with Crippen molar-refractivity contribution in [1.29, 1.82) is 0 Å². The van der Waals surface area contributed by atoms with Crippen LogP contribution in [0.15, 0.2) is 72.8 Å². The Labute approximate surface area is 243 Å². The zero-order valence-electron chi connectivity index (χ0n) is 23.7. The average molecular weight is 571 g/mol. The standard InChI is InChI=1S/C32H31FN4O5/c1-19-15-23(11-14-26(19)33)32(29(30(39)40)42-31-35-20(2)16-21(3)36-31)25-7-5-6-8-27(25)37(28(38)17-34-32)18-22-9-12-24(41-4)13-10-22/h5-16,29,34H,17-18H2,1-4H3,(H,39,40)/t29-,32+/m1/s1. The van der Waals surface area contributed by atoms with Gasteiger partial charge in [0.1, 0.15) is 17.1 Å². The van der Waals surface area contributed by atoms with Crippen LogP contribution in [-0.4, -0.2) is 46.7 Å². The van der Waals surface area contributed by atoms with Gasteiger partial charge in [-0.05, 0) is 67.8 Å². The van der Waals surface area contributed by atoms with E-state index in [1.165, 1.54) is 12.1 Å². The summed E-state index contributed by atoms with van der Waals surface area (Å²) in [5.74, 6) is -1.37. The van der Waals surface area contributed by atoms with Crippen LogP contribution >= 0.6 is 0 Å². The van der Waals surface area contributed by atoms with Gasteiger partial charge in [0.15, 0.2) is 0 Å². The highest BCUT2D eigenvalue weighted by Crippen LogP contribution is 2.43. The van der Waals surface area contributed by atoms with E-state index in [1.807, 2.05) is 24.3 Å². The van der Waals surface area contributed by atoms with Crippen molar-refractivity contribution in [1.82, 2.24) is 15.3 Å². The molecule has 2 atom stereocenters. The van der Waals surface area contributed by atoms with E-state index >= 15 is 0 Å². The van der Waals surface area contributed by atoms with Gasteiger partial charge in [0.05, 0.1) is 20.2 Å². The Kier molecular flexibility index (Phi) is 7.91. The van der Waals surface area contributed by atoms with Crippen molar-refractivity contribution < 1.29 is 28.6 Å². The largest absolute Gasteiger partial charge is 0.497 e. The Morgan fingerprint density at radius 3 is 2.38 bits per heavy atom. The van der Waals surface area contributed by atoms with Crippen LogP contribution in [-0.2, 0) is 21.7 Å². The van der Waals surface area contributed by atoms with Gasteiger partial charge in [0.2, 0.25) is 12.0 Å². The molecule has 1 aliphatic rings. The number of carbonyl (C=O) groups excluding carboxylic acids is 1. The topological polar surface area (TPSA) is 114 Å². The summed E-state index contributed by atoms with van der Waals surface area (Å²) in [4.78, 5) is 37.1. The Morgan fingerprint density at radius 1 is 1.05 bits per heavy atom. The number of aryl methyl sites for hydroxylation is 3. The number of fused-ring (bicyclic) bond motifs is 1. The fourth-order valence-electron chi connectivity index (χ4n) is 5.38. The van der Waals surface area contributed by atoms with Crippen molar-refractivity contribution in [3.05, 3.63) is 112 Å². The summed E-state index contributed by atoms with van der Waals surface area (Å²) in [5, 5.41) is 13.9. The number of para-hydroxylation sites is 1. The molecule has 1 amide bonds. The molecule has 0 unspecified atom stereocenters. The van der Waals surface area contributed by atoms with Gasteiger partial charge >= 0.3 is 12.0 Å². The first-order valence-electron chi connectivity index (χ1n) is 13.4. The molecule has 2 heterocycles. The minimum Gasteiger partial charge on any atom is -0.497 e. The van der Waals surface area contributed by atoms with E-state index in [4.69, 9.17) is 9.47 Å². The Morgan fingerprint density at radius 2 is 1.74 bits per heavy atom. The highest BCUT2D eigenvalue weighted by Gasteiger charge is 2.52. The van der Waals surface area contributed by atoms with Gasteiger partial charge in [-0.15, -0.1) is 0 Å². The van der Waals surface area contributed by atoms with Crippen LogP contribution in [0.5, 0.6) is 11.8 Å². The summed E-state index contributed by atoms with van der Waals surface area (Å²) in [6, 6.07) is 20.4. The predicted molar refractivity (Wildman–Crippen MR) is 154 cm³/mol. The number of carboxylic acid groups (broad SMARTS) is 1. The van der Waals surface area contributed by atoms with E-state index in [1.54, 1.807) is 69.2 Å². The second-order valence-corrected chi connectivity index (χ2v) is 10.2. The van der Waals surface area contributed by atoms with Crippen LogP contribution < -0.4 is 19.7 Å². The number of benzene rings is 3. The predicted octanol–water partition coefficient (Wildman–Crippen LogP) is 4.46. The van der Waals surface area contributed by atoms with Crippen molar-refractivity contribution in [2.75, 3.05) is 18.6 Å². The van der Waals surface area contributed by atoms with Gasteiger partial charge in [-0.1, -0.05) is 42.5 Å². The smallest absolute Gasteiger partial charge is 0.347 e. The van der Waals surface area contributed by atoms with Crippen LogP contribution in [0.3, 0.4) is 0 Å². The molecule has 0 aliphatic carbocycles. The second kappa shape index (κ2) is 11.6. The lowest BCUT2D eigenvalue weighted by Gasteiger charge is -2.39. The van der Waals surface area contributed by atoms with Crippen molar-refractivity contribution >= 4 is 17.6 Å². The molecule has 1 aromatic heterocycles. The van der Waals surface area contributed by atoms with Crippen molar-refractivity contribution in [3.63, 3.8) is 0 Å². The number of amides is 1. The number of nitrogens with one attached hydrogen (secondary N) is 1. The maximum Gasteiger partial charge on any atom is 0.347 e. The van der Waals surface area contributed by atoms with Gasteiger partial charge in [-0.3, -0.25) is 10.1 Å². The molecule has 3 aromatic carbocycles. The first-order valence-corrected chi connectivity index (χ1v) is 13.4. The van der Waals surface area contributed by atoms with Gasteiger partial charge in [0.25, 0.3) is 0 Å². The van der Waals surface area contributed by atoms with Crippen LogP contribution in [0, 0.1) is 26.6 Å². The number of carboxylic acids is 1. The zero-order valence-corrected chi connectivity index (χ0v) is 23.7. The van der Waals surface area contributed by atoms with E-state index in [0.717, 1.165) is 5.56 Å². The molecule has 0 radical (unpaired) electrons. The summed E-state index contributed by atoms with van der Waals surface area (Å²) in [6.45, 7) is 5.09. The van der Waals surface area contributed by atoms with E-state index in [9.17, 15) is 19.1 Å². The number of hydrogen-bond donors (Lipinski definition) is 2. The van der Waals surface area contributed by atoms with E-state index in [0.29, 0.717) is 39.5 Å². The van der Waals surface area contributed by atoms with Gasteiger partial charge in [0, 0.05) is 22.6 Å². The maximum absolute atomic E-state index is 14.5. The summed E-state index contributed by atoms with van der Waals surface area (Å²) < 4.78 is 25.9. The fourth-order valence-corrected chi connectivity index (χ4v) is 5.38. The number of methoxy groups -OCH3 is 1. The number of hydrogen-bond acceptors (Lipinski definition) is 7. The second-order valence-electron chi connectivity index (χ2n) is 10.2. The summed E-state index contributed by atoms with van der Waals surface area (Å²) in [6.07, 6.45) is -1.65. The molecule has 216 valence electrons. The highest BCUT2D eigenvalue weighted by atomic mass is 19.1. The lowest BCUT2D eigenvalue weighted by molar-refractivity contribution is -0.149. The third kappa shape index (κ3) is 5.40. The normalized spacial score (nSPS) is 17.3. The molecule has 0 bridgehead atoms. The molecule has 9 nitrogen and oxygen atoms in total. The Balaban J connectivity index is 1.73. The fraction of sp³-hybridized carbons (Fsp3) is 0.250. The van der Waals surface area contributed by atoms with Crippen LogP contribution in [0.25, 0.3) is 0 Å². The molecular formula is C32H31FN4O5. The minimum absolute atomic E-state index is 0.122. The van der Waals surface area contributed by atoms with E-state index < -0.39 is 23.4 Å². The SMILES string of the molecule is COc1ccc(CN2C(=O)CN[C@](c3ccc(F)c(C)c3)([C@H](Oc3nc(C)cc(C)n3)C(=O)O)c3ccccc32)cc1. The molecule has 5 rings (SSSR count). The van der Waals surface area contributed by atoms with Gasteiger partial charge in [-0.25, -0.2) is 19.2 Å². The first-order chi connectivity index (χ1) is 20.1. The van der Waals surface area contributed by atoms with E-state index in [-0.39, 0.29) is 25.0 Å². The quantitative estimate of drug-likeness (QED) is 0.319. The van der Waals surface area contributed by atoms with Gasteiger partial charge < -0.3 is 19.5 Å². The molecule has 42 heavy (non-hydrogen) atoms. The summed E-state index contributed by atoms with van der Waals surface area (Å²) in [7, 11) is 1.58. The molecular weight excluding hydrogens is 539 g/mol. The molecule has 0 fully saturated rings. The van der Waals surface area contributed by atoms with Crippen molar-refractivity contribution in [2.24, 2.45) is 0 Å². The van der Waals surface area contributed by atoms with Gasteiger partial charge in [-0.2, -0.15) is 0 Å². The van der Waals surface area contributed by atoms with Crippen LogP contribution in [0.4, 0.5) is 10.1 Å². The molecule has 0 spiro atoms. The number of aromatic nitrogens is 2. The number of ether oxygens (including phenoxy) is 2. The molecule has 0 saturated heterocycles. The lowest BCUT2D eigenvalue weighted by Crippen LogP contribution is -2.58. The number of anilines is 1. The molecule has 4 aromatic rings. The number of halogens is 1. The summed E-state index contributed by atoms with van der Waals surface area (Å²) in [5.41, 5.74) is 2.07. The van der Waals surface area contributed by atoms with Crippen LogP contribution in [0.1, 0.15) is 33.6 Å². The average Bonchev–Trinajstić information content (AvgIpc) is 3.08. The number of carbonyl (C=O) groups is 2. The summed E-state index contributed by atoms with van der Waals surface area (Å²) >= 11 is 0. The molecule has 10 heteroatoms.